The minimum Gasteiger partial charge on any atom is -0.453 e. The molecule has 5 heterocycles. The Morgan fingerprint density at radius 1 is 1.20 bits per heavy atom. The van der Waals surface area contributed by atoms with Crippen LogP contribution in [0.1, 0.15) is 53.2 Å². The Labute approximate surface area is 257 Å². The van der Waals surface area contributed by atoms with Gasteiger partial charge < -0.3 is 19.9 Å². The first-order valence-corrected chi connectivity index (χ1v) is 14.2. The summed E-state index contributed by atoms with van der Waals surface area (Å²) in [4.78, 5) is 40.2. The smallest absolute Gasteiger partial charge is 0.276 e. The number of piperidine rings is 1. The standard InChI is InChI=1S/C29H23ClF3N7O5/c1-12(41)22-23(38-19(7-34-22)20-16(26(32)33)2-3-18(30)21(20)31)28(42)37-15-6-36-39(10-15)8-14-5-35-27(25-24(14)44-11-45-25)40-9-13-4-17(13)29(40)43/h2-3,5-7,10,12-13,17,26,41H,4,8-9,11H2,1H3,(H,37,42)/t12-,13-,17-/m1/s1. The van der Waals surface area contributed by atoms with Crippen molar-refractivity contribution in [2.24, 2.45) is 11.8 Å². The minimum absolute atomic E-state index is 0.0278. The number of nitrogens with one attached hydrogen (secondary N) is 1. The number of aliphatic hydroxyl groups is 1. The fraction of sp³-hybridized carbons (Fsp3) is 0.310. The van der Waals surface area contributed by atoms with Crippen molar-refractivity contribution < 1.29 is 37.3 Å². The van der Waals surface area contributed by atoms with Crippen LogP contribution in [0.4, 0.5) is 24.7 Å². The van der Waals surface area contributed by atoms with E-state index in [0.29, 0.717) is 35.3 Å². The molecule has 232 valence electrons. The first-order chi connectivity index (χ1) is 21.6. The highest BCUT2D eigenvalue weighted by atomic mass is 35.5. The number of carbonyl (C=O) groups is 2. The van der Waals surface area contributed by atoms with E-state index >= 15 is 0 Å². The van der Waals surface area contributed by atoms with Gasteiger partial charge >= 0.3 is 0 Å². The number of pyridine rings is 1. The molecule has 0 radical (unpaired) electrons. The van der Waals surface area contributed by atoms with E-state index in [1.165, 1.54) is 24.0 Å². The Morgan fingerprint density at radius 2 is 2.00 bits per heavy atom. The van der Waals surface area contributed by atoms with Crippen molar-refractivity contribution in [3.05, 3.63) is 70.3 Å². The summed E-state index contributed by atoms with van der Waals surface area (Å²) < 4.78 is 55.2. The Hall–Kier alpha value is -4.76. The summed E-state index contributed by atoms with van der Waals surface area (Å²) in [5.41, 5.74) is -1.37. The molecule has 12 nitrogen and oxygen atoms in total. The molecule has 0 spiro atoms. The van der Waals surface area contributed by atoms with Crippen LogP contribution in [0.15, 0.2) is 36.9 Å². The minimum atomic E-state index is -3.06. The Bertz CT molecular complexity index is 1870. The molecule has 2 fully saturated rings. The Kier molecular flexibility index (Phi) is 7.08. The molecular weight excluding hydrogens is 619 g/mol. The highest BCUT2D eigenvalue weighted by Gasteiger charge is 2.53. The molecule has 0 bridgehead atoms. The number of hydrogen-bond donors (Lipinski definition) is 2. The van der Waals surface area contributed by atoms with Gasteiger partial charge in [0, 0.05) is 41.5 Å². The molecule has 1 aliphatic carbocycles. The second kappa shape index (κ2) is 11.0. The number of amides is 2. The molecule has 2 aliphatic heterocycles. The van der Waals surface area contributed by atoms with Crippen molar-refractivity contribution in [3.63, 3.8) is 0 Å². The van der Waals surface area contributed by atoms with E-state index in [2.05, 4.69) is 25.4 Å². The lowest BCUT2D eigenvalue weighted by atomic mass is 10.0. The molecule has 3 aromatic heterocycles. The van der Waals surface area contributed by atoms with Crippen molar-refractivity contribution in [3.8, 4) is 22.8 Å². The second-order valence-corrected chi connectivity index (χ2v) is 11.3. The van der Waals surface area contributed by atoms with Gasteiger partial charge in [-0.05, 0) is 25.3 Å². The molecule has 16 heteroatoms. The number of fused-ring (bicyclic) bond motifs is 2. The van der Waals surface area contributed by atoms with Gasteiger partial charge in [-0.25, -0.2) is 23.1 Å². The van der Waals surface area contributed by atoms with Crippen LogP contribution in [0.3, 0.4) is 0 Å². The maximum Gasteiger partial charge on any atom is 0.276 e. The van der Waals surface area contributed by atoms with Crippen molar-refractivity contribution in [2.45, 2.75) is 32.4 Å². The largest absolute Gasteiger partial charge is 0.453 e. The molecule has 2 N–H and O–H groups in total. The molecule has 3 aliphatic rings. The van der Waals surface area contributed by atoms with Crippen LogP contribution in [0, 0.1) is 17.7 Å². The van der Waals surface area contributed by atoms with E-state index in [4.69, 9.17) is 21.1 Å². The third kappa shape index (κ3) is 5.11. The summed E-state index contributed by atoms with van der Waals surface area (Å²) >= 11 is 5.84. The molecule has 7 rings (SSSR count). The number of aromatic nitrogens is 5. The summed E-state index contributed by atoms with van der Waals surface area (Å²) in [5.74, 6) is -0.295. The number of alkyl halides is 2. The number of nitrogens with zero attached hydrogens (tertiary/aromatic N) is 6. The van der Waals surface area contributed by atoms with Gasteiger partial charge in [-0.3, -0.25) is 24.2 Å². The number of aliphatic hydroxyl groups excluding tert-OH is 1. The van der Waals surface area contributed by atoms with Crippen molar-refractivity contribution in [1.82, 2.24) is 24.7 Å². The molecule has 1 aromatic carbocycles. The third-order valence-electron chi connectivity index (χ3n) is 7.88. The Balaban J connectivity index is 1.13. The van der Waals surface area contributed by atoms with E-state index in [1.807, 2.05) is 0 Å². The van der Waals surface area contributed by atoms with Gasteiger partial charge in [0.05, 0.1) is 47.1 Å². The SMILES string of the molecule is C[C@@H](O)c1ncc(-c2c(C(F)F)ccc(Cl)c2F)nc1C(=O)Nc1cnn(Cc2cnc(N3C[C@H]4C[C@H]4C3=O)c3c2OCO3)c1. The van der Waals surface area contributed by atoms with Crippen LogP contribution in [-0.4, -0.2) is 55.0 Å². The summed E-state index contributed by atoms with van der Waals surface area (Å²) in [7, 11) is 0. The first-order valence-electron chi connectivity index (χ1n) is 13.8. The maximum absolute atomic E-state index is 14.9. The van der Waals surface area contributed by atoms with Crippen molar-refractivity contribution in [2.75, 3.05) is 23.6 Å². The highest BCUT2D eigenvalue weighted by molar-refractivity contribution is 6.31. The number of carbonyl (C=O) groups excluding carboxylic acids is 2. The quantitative estimate of drug-likeness (QED) is 0.283. The van der Waals surface area contributed by atoms with Crippen LogP contribution in [0.2, 0.25) is 5.02 Å². The summed E-state index contributed by atoms with van der Waals surface area (Å²) in [6.07, 6.45) is 2.01. The van der Waals surface area contributed by atoms with Gasteiger partial charge in [-0.15, -0.1) is 0 Å². The number of anilines is 2. The number of halogens is 4. The lowest BCUT2D eigenvalue weighted by molar-refractivity contribution is -0.118. The molecule has 1 saturated heterocycles. The summed E-state index contributed by atoms with van der Waals surface area (Å²) in [6, 6.07) is 1.96. The molecular formula is C29H23ClF3N7O5. The average molecular weight is 642 g/mol. The van der Waals surface area contributed by atoms with Gasteiger partial charge in [0.2, 0.25) is 18.4 Å². The van der Waals surface area contributed by atoms with Crippen molar-refractivity contribution >= 4 is 34.9 Å². The van der Waals surface area contributed by atoms with Gasteiger partial charge in [-0.1, -0.05) is 17.7 Å². The van der Waals surface area contributed by atoms with Crippen LogP contribution in [0.5, 0.6) is 11.5 Å². The predicted octanol–water partition coefficient (Wildman–Crippen LogP) is 4.53. The number of hydrogen-bond acceptors (Lipinski definition) is 9. The molecule has 1 saturated carbocycles. The highest BCUT2D eigenvalue weighted by Crippen LogP contribution is 2.51. The number of benzene rings is 1. The summed E-state index contributed by atoms with van der Waals surface area (Å²) in [5, 5.41) is 16.7. The topological polar surface area (TPSA) is 145 Å². The zero-order valence-corrected chi connectivity index (χ0v) is 24.1. The zero-order chi connectivity index (χ0) is 31.6. The van der Waals surface area contributed by atoms with Crippen LogP contribution >= 0.6 is 11.6 Å². The fourth-order valence-electron chi connectivity index (χ4n) is 5.59. The molecule has 3 atom stereocenters. The van der Waals surface area contributed by atoms with Gasteiger partial charge in [-0.2, -0.15) is 5.10 Å². The average Bonchev–Trinajstić information content (AvgIpc) is 3.29. The van der Waals surface area contributed by atoms with Gasteiger partial charge in [0.15, 0.2) is 23.1 Å². The molecule has 4 aromatic rings. The van der Waals surface area contributed by atoms with Crippen LogP contribution < -0.4 is 19.7 Å². The molecule has 2 amide bonds. The Morgan fingerprint density at radius 3 is 2.73 bits per heavy atom. The maximum atomic E-state index is 14.9. The van der Waals surface area contributed by atoms with Gasteiger partial charge in [0.25, 0.3) is 12.3 Å². The lowest BCUT2D eigenvalue weighted by Gasteiger charge is -2.19. The first kappa shape index (κ1) is 29.0. The van der Waals surface area contributed by atoms with Crippen molar-refractivity contribution in [1.29, 1.82) is 0 Å². The molecule has 45 heavy (non-hydrogen) atoms. The van der Waals surface area contributed by atoms with Crippen LogP contribution in [0.25, 0.3) is 11.3 Å². The lowest BCUT2D eigenvalue weighted by Crippen LogP contribution is -2.29. The normalized spacial score (nSPS) is 18.8. The van der Waals surface area contributed by atoms with E-state index in [0.717, 1.165) is 24.8 Å². The van der Waals surface area contributed by atoms with E-state index in [9.17, 15) is 27.9 Å². The summed E-state index contributed by atoms with van der Waals surface area (Å²) in [6.45, 7) is 2.08. The van der Waals surface area contributed by atoms with Gasteiger partial charge in [0.1, 0.15) is 0 Å². The van der Waals surface area contributed by atoms with E-state index in [1.54, 1.807) is 11.1 Å². The number of ether oxygens (including phenoxy) is 2. The van der Waals surface area contributed by atoms with E-state index in [-0.39, 0.29) is 42.2 Å². The van der Waals surface area contributed by atoms with E-state index < -0.39 is 46.1 Å². The number of rotatable bonds is 8. The monoisotopic (exact) mass is 641 g/mol. The molecule has 0 unspecified atom stereocenters. The zero-order valence-electron chi connectivity index (χ0n) is 23.4. The third-order valence-corrected chi connectivity index (χ3v) is 8.17. The fourth-order valence-corrected chi connectivity index (χ4v) is 5.75. The predicted molar refractivity (Wildman–Crippen MR) is 152 cm³/mol. The second-order valence-electron chi connectivity index (χ2n) is 10.9. The van der Waals surface area contributed by atoms with Crippen LogP contribution in [-0.2, 0) is 11.3 Å².